The number of esters is 2. The molecule has 0 aliphatic rings. The molecule has 0 aliphatic heterocycles. The molecule has 0 rings (SSSR count). The number of rotatable bonds is 33. The fourth-order valence-electron chi connectivity index (χ4n) is 4.85. The van der Waals surface area contributed by atoms with Gasteiger partial charge in [-0.15, -0.1) is 0 Å². The predicted octanol–water partition coefficient (Wildman–Crippen LogP) is 10.9. The number of allylic oxidation sites excluding steroid dienone is 6. The highest BCUT2D eigenvalue weighted by Crippen LogP contribution is 2.42. The fourth-order valence-corrected chi connectivity index (χ4v) is 5.31. The van der Waals surface area contributed by atoms with Crippen molar-refractivity contribution < 1.29 is 37.6 Å². The van der Waals surface area contributed by atoms with Crippen molar-refractivity contribution in [3.05, 3.63) is 36.5 Å². The van der Waals surface area contributed by atoms with Crippen LogP contribution in [0.4, 0.5) is 0 Å². The van der Waals surface area contributed by atoms with Crippen molar-refractivity contribution in [2.45, 2.75) is 168 Å². The Hall–Kier alpha value is -1.73. The number of hydrogen-bond donors (Lipinski definition) is 1. The maximum atomic E-state index is 12.4. The van der Waals surface area contributed by atoms with E-state index in [1.165, 1.54) is 64.2 Å². The van der Waals surface area contributed by atoms with Crippen LogP contribution in [0.5, 0.6) is 0 Å². The summed E-state index contributed by atoms with van der Waals surface area (Å²) in [6.45, 7) is 3.74. The second-order valence-electron chi connectivity index (χ2n) is 12.0. The van der Waals surface area contributed by atoms with Crippen LogP contribution in [-0.4, -0.2) is 43.3 Å². The SMILES string of the molecule is CC/C=C\C/C=C\C/C=C\CCCCCCCCCC(=O)OC(COC(=O)CCCCCCCCCCCC)COP(=O)(O)OC. The van der Waals surface area contributed by atoms with Crippen molar-refractivity contribution >= 4 is 19.8 Å². The first kappa shape index (κ1) is 44.3. The maximum Gasteiger partial charge on any atom is 0.472 e. The van der Waals surface area contributed by atoms with Crippen LogP contribution in [0.1, 0.15) is 162 Å². The Kier molecular flexibility index (Phi) is 31.9. The van der Waals surface area contributed by atoms with Gasteiger partial charge in [-0.25, -0.2) is 4.57 Å². The third-order valence-electron chi connectivity index (χ3n) is 7.65. The lowest BCUT2D eigenvalue weighted by molar-refractivity contribution is -0.161. The third-order valence-corrected chi connectivity index (χ3v) is 8.59. The van der Waals surface area contributed by atoms with Crippen molar-refractivity contribution in [2.75, 3.05) is 20.3 Å². The van der Waals surface area contributed by atoms with E-state index in [0.717, 1.165) is 71.3 Å². The van der Waals surface area contributed by atoms with Gasteiger partial charge in [-0.2, -0.15) is 0 Å². The highest BCUT2D eigenvalue weighted by molar-refractivity contribution is 7.47. The van der Waals surface area contributed by atoms with Crippen molar-refractivity contribution in [1.29, 1.82) is 0 Å². The molecule has 0 fully saturated rings. The first-order chi connectivity index (χ1) is 22.3. The molecule has 46 heavy (non-hydrogen) atoms. The average Bonchev–Trinajstić information content (AvgIpc) is 3.04. The lowest BCUT2D eigenvalue weighted by Crippen LogP contribution is -2.29. The molecule has 2 atom stereocenters. The first-order valence-electron chi connectivity index (χ1n) is 18.2. The molecule has 0 aromatic carbocycles. The number of phosphoric ester groups is 1. The van der Waals surface area contributed by atoms with Gasteiger partial charge in [0.05, 0.1) is 6.61 Å². The highest BCUT2D eigenvalue weighted by Gasteiger charge is 2.24. The smallest absolute Gasteiger partial charge is 0.462 e. The lowest BCUT2D eigenvalue weighted by atomic mass is 10.1. The minimum atomic E-state index is -4.25. The van der Waals surface area contributed by atoms with E-state index < -0.39 is 26.5 Å². The van der Waals surface area contributed by atoms with E-state index in [9.17, 15) is 19.0 Å². The van der Waals surface area contributed by atoms with E-state index in [4.69, 9.17) is 14.0 Å². The minimum absolute atomic E-state index is 0.228. The Morgan fingerprint density at radius 3 is 1.65 bits per heavy atom. The van der Waals surface area contributed by atoms with Crippen LogP contribution in [-0.2, 0) is 32.7 Å². The molecular weight excluding hydrogens is 603 g/mol. The van der Waals surface area contributed by atoms with Gasteiger partial charge in [-0.05, 0) is 44.9 Å². The van der Waals surface area contributed by atoms with Crippen molar-refractivity contribution in [3.63, 3.8) is 0 Å². The van der Waals surface area contributed by atoms with Crippen LogP contribution in [0, 0.1) is 0 Å². The summed E-state index contributed by atoms with van der Waals surface area (Å²) in [6, 6.07) is 0. The molecular formula is C37H67O8P. The van der Waals surface area contributed by atoms with Crippen LogP contribution in [0.2, 0.25) is 0 Å². The number of unbranched alkanes of at least 4 members (excludes halogenated alkanes) is 16. The van der Waals surface area contributed by atoms with Gasteiger partial charge < -0.3 is 14.4 Å². The molecule has 0 amide bonds. The monoisotopic (exact) mass is 670 g/mol. The van der Waals surface area contributed by atoms with Gasteiger partial charge in [0, 0.05) is 20.0 Å². The zero-order valence-corrected chi connectivity index (χ0v) is 30.4. The topological polar surface area (TPSA) is 108 Å². The van der Waals surface area contributed by atoms with E-state index in [0.29, 0.717) is 12.8 Å². The first-order valence-corrected chi connectivity index (χ1v) is 19.7. The summed E-state index contributed by atoms with van der Waals surface area (Å²) in [5.41, 5.74) is 0. The van der Waals surface area contributed by atoms with Gasteiger partial charge in [0.15, 0.2) is 6.10 Å². The summed E-state index contributed by atoms with van der Waals surface area (Å²) in [7, 11) is -3.20. The summed E-state index contributed by atoms with van der Waals surface area (Å²) in [6.07, 6.45) is 36.2. The van der Waals surface area contributed by atoms with Crippen LogP contribution in [0.3, 0.4) is 0 Å². The minimum Gasteiger partial charge on any atom is -0.462 e. The Labute approximate surface area is 281 Å². The molecule has 0 saturated carbocycles. The van der Waals surface area contributed by atoms with Crippen LogP contribution < -0.4 is 0 Å². The van der Waals surface area contributed by atoms with Gasteiger partial charge in [0.2, 0.25) is 0 Å². The predicted molar refractivity (Wildman–Crippen MR) is 189 cm³/mol. The molecule has 2 unspecified atom stereocenters. The van der Waals surface area contributed by atoms with Gasteiger partial charge >= 0.3 is 19.8 Å². The van der Waals surface area contributed by atoms with Crippen LogP contribution in [0.15, 0.2) is 36.5 Å². The van der Waals surface area contributed by atoms with Crippen molar-refractivity contribution in [2.24, 2.45) is 0 Å². The normalized spacial score (nSPS) is 13.9. The standard InChI is InChI=1S/C37H67O8P/c1-4-6-8-10-12-14-16-17-18-19-20-21-22-24-26-28-30-32-37(39)45-35(34-44-46(40,41)42-3)33-43-36(38)31-29-27-25-23-15-13-11-9-7-5-2/h6,8,12,14,17-18,35H,4-5,7,9-11,13,15-16,19-34H2,1-3H3,(H,40,41)/b8-6-,14-12-,18-17-. The molecule has 0 radical (unpaired) electrons. The summed E-state index contributed by atoms with van der Waals surface area (Å²) >= 11 is 0. The molecule has 0 aromatic rings. The summed E-state index contributed by atoms with van der Waals surface area (Å²) in [5.74, 6) is -0.817. The lowest BCUT2D eigenvalue weighted by Gasteiger charge is -2.19. The summed E-state index contributed by atoms with van der Waals surface area (Å²) in [5, 5.41) is 0. The second kappa shape index (κ2) is 33.2. The van der Waals surface area contributed by atoms with E-state index in [2.05, 4.69) is 54.8 Å². The molecule has 0 aliphatic carbocycles. The molecule has 9 heteroatoms. The average molecular weight is 671 g/mol. The zero-order valence-electron chi connectivity index (χ0n) is 29.5. The molecule has 0 spiro atoms. The van der Waals surface area contributed by atoms with E-state index >= 15 is 0 Å². The summed E-state index contributed by atoms with van der Waals surface area (Å²) < 4.78 is 31.8. The van der Waals surface area contributed by atoms with Crippen LogP contribution in [0.25, 0.3) is 0 Å². The molecule has 0 heterocycles. The van der Waals surface area contributed by atoms with Gasteiger partial charge in [0.1, 0.15) is 6.61 Å². The van der Waals surface area contributed by atoms with E-state index in [1.54, 1.807) is 0 Å². The van der Waals surface area contributed by atoms with Gasteiger partial charge in [-0.3, -0.25) is 18.6 Å². The third kappa shape index (κ3) is 32.2. The molecule has 0 bridgehead atoms. The number of carbonyl (C=O) groups is 2. The second-order valence-corrected chi connectivity index (χ2v) is 13.5. The Morgan fingerprint density at radius 1 is 0.630 bits per heavy atom. The quantitative estimate of drug-likeness (QED) is 0.0318. The summed E-state index contributed by atoms with van der Waals surface area (Å²) in [4.78, 5) is 34.2. The van der Waals surface area contributed by atoms with Crippen molar-refractivity contribution in [3.8, 4) is 0 Å². The molecule has 8 nitrogen and oxygen atoms in total. The molecule has 0 aromatic heterocycles. The number of hydrogen-bond acceptors (Lipinski definition) is 7. The van der Waals surface area contributed by atoms with Crippen molar-refractivity contribution in [1.82, 2.24) is 0 Å². The van der Waals surface area contributed by atoms with Gasteiger partial charge in [-0.1, -0.05) is 140 Å². The Balaban J connectivity index is 4.07. The van der Waals surface area contributed by atoms with E-state index in [-0.39, 0.29) is 19.0 Å². The van der Waals surface area contributed by atoms with Crippen LogP contribution >= 0.6 is 7.82 Å². The highest BCUT2D eigenvalue weighted by atomic mass is 31.2. The zero-order chi connectivity index (χ0) is 34.0. The Morgan fingerprint density at radius 2 is 1.11 bits per heavy atom. The maximum absolute atomic E-state index is 12.4. The molecule has 1 N–H and O–H groups in total. The number of carbonyl (C=O) groups excluding carboxylic acids is 2. The Bertz CT molecular complexity index is 854. The number of ether oxygens (including phenoxy) is 2. The molecule has 0 saturated heterocycles. The van der Waals surface area contributed by atoms with Gasteiger partial charge in [0.25, 0.3) is 0 Å². The largest absolute Gasteiger partial charge is 0.472 e. The van der Waals surface area contributed by atoms with E-state index in [1.807, 2.05) is 0 Å². The number of phosphoric acid groups is 1. The fraction of sp³-hybridized carbons (Fsp3) is 0.784. The molecule has 268 valence electrons.